The Labute approximate surface area is 119 Å². The van der Waals surface area contributed by atoms with E-state index < -0.39 is 22.2 Å². The molecule has 1 aliphatic heterocycles. The van der Waals surface area contributed by atoms with E-state index in [0.717, 1.165) is 16.3 Å². The molecule has 2 rings (SSSR count). The van der Waals surface area contributed by atoms with Crippen LogP contribution in [0.5, 0.6) is 0 Å². The summed E-state index contributed by atoms with van der Waals surface area (Å²) in [6, 6.07) is 6.81. The molecule has 1 heterocycles. The Kier molecular flexibility index (Phi) is 4.49. The number of β-amino-alcohol motifs (C(OH)–C–C–N with tert-alkyl or cyclic N) is 2. The molecular weight excluding hydrogens is 278 g/mol. The monoisotopic (exact) mass is 299 g/mol. The third kappa shape index (κ3) is 3.20. The molecule has 0 aliphatic carbocycles. The predicted octanol–water partition coefficient (Wildman–Crippen LogP) is 0.611. The molecule has 2 N–H and O–H groups in total. The van der Waals surface area contributed by atoms with E-state index in [2.05, 4.69) is 13.8 Å². The van der Waals surface area contributed by atoms with E-state index in [9.17, 15) is 18.6 Å². The molecular formula is C14H21NO4S. The molecule has 5 nitrogen and oxygen atoms in total. The van der Waals surface area contributed by atoms with Gasteiger partial charge in [0.25, 0.3) is 0 Å². The molecule has 2 atom stereocenters. The zero-order valence-electron chi connectivity index (χ0n) is 11.7. The van der Waals surface area contributed by atoms with Crippen molar-refractivity contribution in [2.45, 2.75) is 37.4 Å². The number of hydrogen-bond donors (Lipinski definition) is 2. The van der Waals surface area contributed by atoms with Gasteiger partial charge in [0.2, 0.25) is 10.0 Å². The van der Waals surface area contributed by atoms with Crippen molar-refractivity contribution >= 4 is 10.0 Å². The van der Waals surface area contributed by atoms with Gasteiger partial charge < -0.3 is 10.2 Å². The van der Waals surface area contributed by atoms with Crippen LogP contribution in [0.2, 0.25) is 0 Å². The fraction of sp³-hybridized carbons (Fsp3) is 0.571. The van der Waals surface area contributed by atoms with Crippen LogP contribution < -0.4 is 0 Å². The number of benzene rings is 1. The Bertz CT molecular complexity index is 543. The summed E-state index contributed by atoms with van der Waals surface area (Å²) in [4.78, 5) is 0.200. The van der Waals surface area contributed by atoms with Crippen LogP contribution in [0.15, 0.2) is 29.2 Å². The molecule has 0 aromatic heterocycles. The van der Waals surface area contributed by atoms with Crippen molar-refractivity contribution in [1.82, 2.24) is 4.31 Å². The average Bonchev–Trinajstić information content (AvgIpc) is 2.70. The molecule has 0 saturated carbocycles. The molecule has 1 fully saturated rings. The molecule has 1 aromatic rings. The number of sulfonamides is 1. The molecule has 20 heavy (non-hydrogen) atoms. The fourth-order valence-electron chi connectivity index (χ4n) is 2.35. The third-order valence-electron chi connectivity index (χ3n) is 3.43. The van der Waals surface area contributed by atoms with E-state index in [1.807, 2.05) is 12.1 Å². The Morgan fingerprint density at radius 1 is 1.15 bits per heavy atom. The summed E-state index contributed by atoms with van der Waals surface area (Å²) in [5, 5.41) is 18.9. The van der Waals surface area contributed by atoms with Crippen molar-refractivity contribution in [2.75, 3.05) is 13.1 Å². The van der Waals surface area contributed by atoms with E-state index in [0.29, 0.717) is 5.92 Å². The maximum Gasteiger partial charge on any atom is 0.243 e. The van der Waals surface area contributed by atoms with E-state index in [1.54, 1.807) is 12.1 Å². The topological polar surface area (TPSA) is 77.8 Å². The number of hydrogen-bond acceptors (Lipinski definition) is 4. The van der Waals surface area contributed by atoms with Gasteiger partial charge in [-0.1, -0.05) is 26.0 Å². The van der Waals surface area contributed by atoms with E-state index in [4.69, 9.17) is 0 Å². The summed E-state index contributed by atoms with van der Waals surface area (Å²) >= 11 is 0. The summed E-state index contributed by atoms with van der Waals surface area (Å²) in [5.74, 6) is 0.515. The lowest BCUT2D eigenvalue weighted by Crippen LogP contribution is -2.30. The Morgan fingerprint density at radius 3 is 2.10 bits per heavy atom. The quantitative estimate of drug-likeness (QED) is 0.854. The first kappa shape index (κ1) is 15.4. The molecule has 1 saturated heterocycles. The van der Waals surface area contributed by atoms with Crippen LogP contribution in [-0.4, -0.2) is 48.2 Å². The maximum atomic E-state index is 12.4. The summed E-state index contributed by atoms with van der Waals surface area (Å²) in [6.45, 7) is 4.10. The summed E-state index contributed by atoms with van der Waals surface area (Å²) in [7, 11) is -3.64. The Morgan fingerprint density at radius 2 is 1.65 bits per heavy atom. The Balaban J connectivity index is 2.18. The summed E-state index contributed by atoms with van der Waals surface area (Å²) in [5.41, 5.74) is 1.10. The molecule has 2 unspecified atom stereocenters. The highest BCUT2D eigenvalue weighted by Crippen LogP contribution is 2.22. The SMILES string of the molecule is CC(C)Cc1ccc(S(=O)(=O)N2CC(O)C(O)C2)cc1. The van der Waals surface area contributed by atoms with Crippen LogP contribution in [0.3, 0.4) is 0 Å². The molecule has 0 amide bonds. The normalized spacial score (nSPS) is 24.4. The van der Waals surface area contributed by atoms with Gasteiger partial charge in [-0.2, -0.15) is 4.31 Å². The second-order valence-electron chi connectivity index (χ2n) is 5.70. The number of rotatable bonds is 4. The van der Waals surface area contributed by atoms with Gasteiger partial charge in [-0.15, -0.1) is 0 Å². The predicted molar refractivity (Wildman–Crippen MR) is 75.8 cm³/mol. The zero-order chi connectivity index (χ0) is 14.9. The van der Waals surface area contributed by atoms with Gasteiger partial charge in [0.15, 0.2) is 0 Å². The Hall–Kier alpha value is -0.950. The van der Waals surface area contributed by atoms with Crippen molar-refractivity contribution in [3.8, 4) is 0 Å². The zero-order valence-corrected chi connectivity index (χ0v) is 12.5. The minimum Gasteiger partial charge on any atom is -0.389 e. The smallest absolute Gasteiger partial charge is 0.243 e. The lowest BCUT2D eigenvalue weighted by atomic mass is 10.0. The molecule has 6 heteroatoms. The second kappa shape index (κ2) is 5.81. The highest BCUT2D eigenvalue weighted by atomic mass is 32.2. The highest BCUT2D eigenvalue weighted by molar-refractivity contribution is 7.89. The second-order valence-corrected chi connectivity index (χ2v) is 7.64. The molecule has 0 radical (unpaired) electrons. The van der Waals surface area contributed by atoms with Crippen LogP contribution in [0.25, 0.3) is 0 Å². The van der Waals surface area contributed by atoms with E-state index >= 15 is 0 Å². The fourth-order valence-corrected chi connectivity index (χ4v) is 3.83. The van der Waals surface area contributed by atoms with Gasteiger partial charge in [0.05, 0.1) is 17.1 Å². The van der Waals surface area contributed by atoms with Gasteiger partial charge in [-0.05, 0) is 30.0 Å². The first-order chi connectivity index (χ1) is 9.30. The molecule has 1 aliphatic rings. The van der Waals surface area contributed by atoms with Crippen molar-refractivity contribution < 1.29 is 18.6 Å². The number of aliphatic hydroxyl groups is 2. The number of nitrogens with zero attached hydrogens (tertiary/aromatic N) is 1. The van der Waals surface area contributed by atoms with Crippen LogP contribution in [0.1, 0.15) is 19.4 Å². The maximum absolute atomic E-state index is 12.4. The summed E-state index contributed by atoms with van der Waals surface area (Å²) in [6.07, 6.45) is -1.11. The number of aliphatic hydroxyl groups excluding tert-OH is 2. The van der Waals surface area contributed by atoms with Gasteiger partial charge in [0, 0.05) is 13.1 Å². The van der Waals surface area contributed by atoms with Crippen LogP contribution >= 0.6 is 0 Å². The molecule has 112 valence electrons. The van der Waals surface area contributed by atoms with Gasteiger partial charge in [-0.25, -0.2) is 8.42 Å². The minimum atomic E-state index is -3.64. The first-order valence-electron chi connectivity index (χ1n) is 6.76. The standard InChI is InChI=1S/C14H21NO4S/c1-10(2)7-11-3-5-12(6-4-11)20(18,19)15-8-13(16)14(17)9-15/h3-6,10,13-14,16-17H,7-9H2,1-2H3. The van der Waals surface area contributed by atoms with Crippen molar-refractivity contribution in [2.24, 2.45) is 5.92 Å². The first-order valence-corrected chi connectivity index (χ1v) is 8.20. The molecule has 0 spiro atoms. The minimum absolute atomic E-state index is 0.0583. The van der Waals surface area contributed by atoms with Crippen molar-refractivity contribution in [3.63, 3.8) is 0 Å². The van der Waals surface area contributed by atoms with Crippen molar-refractivity contribution in [3.05, 3.63) is 29.8 Å². The third-order valence-corrected chi connectivity index (χ3v) is 5.28. The van der Waals surface area contributed by atoms with Crippen LogP contribution in [-0.2, 0) is 16.4 Å². The molecule has 1 aromatic carbocycles. The lowest BCUT2D eigenvalue weighted by Gasteiger charge is -2.16. The van der Waals surface area contributed by atoms with Crippen LogP contribution in [0.4, 0.5) is 0 Å². The highest BCUT2D eigenvalue weighted by Gasteiger charge is 2.37. The largest absolute Gasteiger partial charge is 0.389 e. The van der Waals surface area contributed by atoms with Gasteiger partial charge in [0.1, 0.15) is 0 Å². The average molecular weight is 299 g/mol. The van der Waals surface area contributed by atoms with E-state index in [-0.39, 0.29) is 18.0 Å². The van der Waals surface area contributed by atoms with Gasteiger partial charge >= 0.3 is 0 Å². The van der Waals surface area contributed by atoms with Crippen LogP contribution in [0, 0.1) is 5.92 Å². The lowest BCUT2D eigenvalue weighted by molar-refractivity contribution is 0.0572. The van der Waals surface area contributed by atoms with Gasteiger partial charge in [-0.3, -0.25) is 0 Å². The van der Waals surface area contributed by atoms with Crippen molar-refractivity contribution in [1.29, 1.82) is 0 Å². The molecule has 0 bridgehead atoms. The van der Waals surface area contributed by atoms with E-state index in [1.165, 1.54) is 0 Å². The summed E-state index contributed by atoms with van der Waals surface area (Å²) < 4.78 is 25.9.